The summed E-state index contributed by atoms with van der Waals surface area (Å²) in [5.41, 5.74) is 6.45. The van der Waals surface area contributed by atoms with E-state index in [1.165, 1.54) is 19.3 Å². The third kappa shape index (κ3) is 5.25. The Bertz CT molecular complexity index is 184. The van der Waals surface area contributed by atoms with Crippen molar-refractivity contribution in [3.63, 3.8) is 0 Å². The molecule has 0 heterocycles. The average Bonchev–Trinajstić information content (AvgIpc) is 3.04. The smallest absolute Gasteiger partial charge is 0.0477 e. The van der Waals surface area contributed by atoms with E-state index in [0.29, 0.717) is 5.41 Å². The van der Waals surface area contributed by atoms with Gasteiger partial charge in [0, 0.05) is 46.6 Å². The first-order chi connectivity index (χ1) is 7.72. The van der Waals surface area contributed by atoms with Crippen LogP contribution in [0, 0.1) is 5.41 Å². The van der Waals surface area contributed by atoms with E-state index in [2.05, 4.69) is 5.32 Å². The molecule has 1 atom stereocenters. The van der Waals surface area contributed by atoms with E-state index >= 15 is 0 Å². The molecule has 0 aromatic rings. The van der Waals surface area contributed by atoms with Gasteiger partial charge in [0.1, 0.15) is 0 Å². The van der Waals surface area contributed by atoms with Crippen molar-refractivity contribution in [2.24, 2.45) is 11.1 Å². The van der Waals surface area contributed by atoms with Crippen molar-refractivity contribution in [1.82, 2.24) is 5.32 Å². The average molecular weight is 230 g/mol. The highest BCUT2D eigenvalue weighted by molar-refractivity contribution is 4.94. The largest absolute Gasteiger partial charge is 0.385 e. The summed E-state index contributed by atoms with van der Waals surface area (Å²) in [6, 6.07) is 0.207. The molecule has 0 saturated heterocycles. The summed E-state index contributed by atoms with van der Waals surface area (Å²) in [5.74, 6) is 0. The molecular weight excluding hydrogens is 204 g/mol. The minimum Gasteiger partial charge on any atom is -0.385 e. The third-order valence-electron chi connectivity index (χ3n) is 3.39. The molecule has 0 amide bonds. The van der Waals surface area contributed by atoms with Gasteiger partial charge in [-0.15, -0.1) is 0 Å². The second-order valence-electron chi connectivity index (χ2n) is 4.92. The fourth-order valence-corrected chi connectivity index (χ4v) is 1.90. The first-order valence-electron chi connectivity index (χ1n) is 6.16. The number of rotatable bonds is 10. The van der Waals surface area contributed by atoms with Gasteiger partial charge in [-0.3, -0.25) is 0 Å². The van der Waals surface area contributed by atoms with Crippen LogP contribution in [0.5, 0.6) is 0 Å². The number of hydrogen-bond donors (Lipinski definition) is 2. The lowest BCUT2D eigenvalue weighted by Gasteiger charge is -2.18. The molecule has 1 unspecified atom stereocenters. The van der Waals surface area contributed by atoms with Crippen molar-refractivity contribution in [2.45, 2.75) is 31.7 Å². The summed E-state index contributed by atoms with van der Waals surface area (Å²) in [6.45, 7) is 3.59. The van der Waals surface area contributed by atoms with Gasteiger partial charge < -0.3 is 20.5 Å². The van der Waals surface area contributed by atoms with Crippen molar-refractivity contribution in [1.29, 1.82) is 0 Å². The van der Waals surface area contributed by atoms with Crippen molar-refractivity contribution < 1.29 is 9.47 Å². The summed E-state index contributed by atoms with van der Waals surface area (Å²) >= 11 is 0. The van der Waals surface area contributed by atoms with Crippen LogP contribution in [0.3, 0.4) is 0 Å². The second kappa shape index (κ2) is 7.22. The minimum atomic E-state index is 0.207. The molecule has 1 saturated carbocycles. The van der Waals surface area contributed by atoms with Gasteiger partial charge in [-0.05, 0) is 31.1 Å². The molecule has 0 bridgehead atoms. The molecule has 0 radical (unpaired) electrons. The molecule has 1 fully saturated rings. The molecule has 4 nitrogen and oxygen atoms in total. The van der Waals surface area contributed by atoms with Gasteiger partial charge in [0.15, 0.2) is 0 Å². The van der Waals surface area contributed by atoms with Crippen molar-refractivity contribution in [3.8, 4) is 0 Å². The standard InChI is InChI=1S/C12H26N2O2/c1-15-7-3-11(13)9-14-10-12(4-5-12)6-8-16-2/h11,14H,3-10,13H2,1-2H3. The quantitative estimate of drug-likeness (QED) is 0.582. The molecule has 0 aromatic carbocycles. The second-order valence-corrected chi connectivity index (χ2v) is 4.92. The highest BCUT2D eigenvalue weighted by Gasteiger charge is 2.41. The summed E-state index contributed by atoms with van der Waals surface area (Å²) < 4.78 is 10.1. The zero-order chi connectivity index (χ0) is 11.9. The number of nitrogens with two attached hydrogens (primary N) is 1. The maximum absolute atomic E-state index is 5.94. The van der Waals surface area contributed by atoms with Crippen molar-refractivity contribution >= 4 is 0 Å². The van der Waals surface area contributed by atoms with Gasteiger partial charge in [-0.2, -0.15) is 0 Å². The van der Waals surface area contributed by atoms with Crippen LogP contribution in [-0.4, -0.2) is 46.6 Å². The highest BCUT2D eigenvalue weighted by Crippen LogP contribution is 2.48. The minimum absolute atomic E-state index is 0.207. The normalized spacial score (nSPS) is 19.7. The van der Waals surface area contributed by atoms with Crippen molar-refractivity contribution in [3.05, 3.63) is 0 Å². The molecule has 3 N–H and O–H groups in total. The van der Waals surface area contributed by atoms with Crippen LogP contribution >= 0.6 is 0 Å². The van der Waals surface area contributed by atoms with E-state index in [0.717, 1.165) is 32.7 Å². The fourth-order valence-electron chi connectivity index (χ4n) is 1.90. The van der Waals surface area contributed by atoms with Crippen LogP contribution in [-0.2, 0) is 9.47 Å². The Labute approximate surface area is 98.9 Å². The van der Waals surface area contributed by atoms with Gasteiger partial charge >= 0.3 is 0 Å². The maximum Gasteiger partial charge on any atom is 0.0477 e. The lowest BCUT2D eigenvalue weighted by atomic mass is 10.0. The van der Waals surface area contributed by atoms with E-state index in [9.17, 15) is 0 Å². The number of nitrogens with one attached hydrogen (secondary N) is 1. The van der Waals surface area contributed by atoms with Gasteiger partial charge in [-0.1, -0.05) is 0 Å². The molecule has 16 heavy (non-hydrogen) atoms. The lowest BCUT2D eigenvalue weighted by Crippen LogP contribution is -2.37. The predicted molar refractivity (Wildman–Crippen MR) is 65.5 cm³/mol. The first-order valence-corrected chi connectivity index (χ1v) is 6.16. The predicted octanol–water partition coefficient (Wildman–Crippen LogP) is 0.757. The van der Waals surface area contributed by atoms with Crippen LogP contribution in [0.2, 0.25) is 0 Å². The Morgan fingerprint density at radius 2 is 1.94 bits per heavy atom. The summed E-state index contributed by atoms with van der Waals surface area (Å²) in [6.07, 6.45) is 4.76. The molecule has 1 aliphatic rings. The molecule has 1 aliphatic carbocycles. The molecule has 1 rings (SSSR count). The van der Waals surface area contributed by atoms with Crippen LogP contribution in [0.25, 0.3) is 0 Å². The third-order valence-corrected chi connectivity index (χ3v) is 3.39. The monoisotopic (exact) mass is 230 g/mol. The Kier molecular flexibility index (Phi) is 6.28. The van der Waals surface area contributed by atoms with E-state index in [1.54, 1.807) is 14.2 Å². The van der Waals surface area contributed by atoms with E-state index in [4.69, 9.17) is 15.2 Å². The lowest BCUT2D eigenvalue weighted by molar-refractivity contribution is 0.170. The van der Waals surface area contributed by atoms with E-state index < -0.39 is 0 Å². The molecule has 0 spiro atoms. The zero-order valence-corrected chi connectivity index (χ0v) is 10.6. The topological polar surface area (TPSA) is 56.5 Å². The van der Waals surface area contributed by atoms with Crippen LogP contribution in [0.4, 0.5) is 0 Å². The molecule has 0 aliphatic heterocycles. The first kappa shape index (κ1) is 13.9. The highest BCUT2D eigenvalue weighted by atomic mass is 16.5. The molecular formula is C12H26N2O2. The summed E-state index contributed by atoms with van der Waals surface area (Å²) in [5, 5.41) is 3.47. The van der Waals surface area contributed by atoms with Crippen LogP contribution in [0.1, 0.15) is 25.7 Å². The fraction of sp³-hybridized carbons (Fsp3) is 1.00. The molecule has 4 heteroatoms. The Morgan fingerprint density at radius 1 is 1.25 bits per heavy atom. The number of hydrogen-bond acceptors (Lipinski definition) is 4. The Morgan fingerprint density at radius 3 is 2.50 bits per heavy atom. The van der Waals surface area contributed by atoms with Gasteiger partial charge in [0.2, 0.25) is 0 Å². The van der Waals surface area contributed by atoms with Gasteiger partial charge in [-0.25, -0.2) is 0 Å². The molecule has 0 aromatic heterocycles. The number of ether oxygens (including phenoxy) is 2. The van der Waals surface area contributed by atoms with Gasteiger partial charge in [0.25, 0.3) is 0 Å². The van der Waals surface area contributed by atoms with E-state index in [-0.39, 0.29) is 6.04 Å². The SMILES string of the molecule is COCCC(N)CNCC1(CCOC)CC1. The summed E-state index contributed by atoms with van der Waals surface area (Å²) in [4.78, 5) is 0. The van der Waals surface area contributed by atoms with Gasteiger partial charge in [0.05, 0.1) is 0 Å². The Balaban J connectivity index is 2.01. The van der Waals surface area contributed by atoms with E-state index in [1.807, 2.05) is 0 Å². The van der Waals surface area contributed by atoms with Crippen LogP contribution < -0.4 is 11.1 Å². The number of methoxy groups -OCH3 is 2. The molecule has 96 valence electrons. The summed E-state index contributed by atoms with van der Waals surface area (Å²) in [7, 11) is 3.48. The zero-order valence-electron chi connectivity index (χ0n) is 10.6. The Hall–Kier alpha value is -0.160. The van der Waals surface area contributed by atoms with Crippen LogP contribution in [0.15, 0.2) is 0 Å². The maximum atomic E-state index is 5.94. The van der Waals surface area contributed by atoms with Crippen molar-refractivity contribution in [2.75, 3.05) is 40.5 Å².